The Balaban J connectivity index is 4.80. The van der Waals surface area contributed by atoms with Crippen LogP contribution in [0.3, 0.4) is 0 Å². The van der Waals surface area contributed by atoms with E-state index in [2.05, 4.69) is 0 Å². The third-order valence-electron chi connectivity index (χ3n) is 3.25. The molecule has 0 atom stereocenters. The van der Waals surface area contributed by atoms with E-state index in [-0.39, 0.29) is 31.4 Å². The Kier molecular flexibility index (Phi) is 8.17. The SMILES string of the molecule is CCCN(CC(=O)N(C)C)CC(=O)C(C)(C)C(=O)OCC. The van der Waals surface area contributed by atoms with Crippen LogP contribution in [0.1, 0.15) is 34.1 Å². The molecule has 0 aromatic heterocycles. The van der Waals surface area contributed by atoms with Gasteiger partial charge in [-0.05, 0) is 33.7 Å². The molecule has 0 aromatic rings. The van der Waals surface area contributed by atoms with Crippen LogP contribution in [0.5, 0.6) is 0 Å². The summed E-state index contributed by atoms with van der Waals surface area (Å²) in [6.45, 7) is 7.92. The molecule has 122 valence electrons. The lowest BCUT2D eigenvalue weighted by Crippen LogP contribution is -2.45. The number of carbonyl (C=O) groups excluding carboxylic acids is 3. The Hall–Kier alpha value is -1.43. The molecule has 0 aliphatic rings. The molecule has 0 bridgehead atoms. The lowest BCUT2D eigenvalue weighted by molar-refractivity contribution is -0.158. The number of amides is 1. The summed E-state index contributed by atoms with van der Waals surface area (Å²) in [4.78, 5) is 39.2. The maximum absolute atomic E-state index is 12.4. The highest BCUT2D eigenvalue weighted by atomic mass is 16.5. The number of Topliss-reactive ketones (excluding diaryl/α,β-unsaturated/α-hetero) is 1. The van der Waals surface area contributed by atoms with Gasteiger partial charge in [0, 0.05) is 14.1 Å². The van der Waals surface area contributed by atoms with E-state index in [0.29, 0.717) is 6.54 Å². The third kappa shape index (κ3) is 6.25. The Morgan fingerprint density at radius 2 is 1.62 bits per heavy atom. The molecule has 0 fully saturated rings. The number of nitrogens with zero attached hydrogens (tertiary/aromatic N) is 2. The highest BCUT2D eigenvalue weighted by Gasteiger charge is 2.37. The van der Waals surface area contributed by atoms with Crippen LogP contribution >= 0.6 is 0 Å². The van der Waals surface area contributed by atoms with Crippen molar-refractivity contribution in [2.45, 2.75) is 34.1 Å². The van der Waals surface area contributed by atoms with Crippen LogP contribution in [0.25, 0.3) is 0 Å². The number of carbonyl (C=O) groups is 3. The molecule has 21 heavy (non-hydrogen) atoms. The average molecular weight is 300 g/mol. The summed E-state index contributed by atoms with van der Waals surface area (Å²) in [7, 11) is 3.35. The minimum absolute atomic E-state index is 0.0646. The Bertz CT molecular complexity index is 378. The number of hydrogen-bond donors (Lipinski definition) is 0. The first kappa shape index (κ1) is 19.6. The van der Waals surface area contributed by atoms with Crippen molar-refractivity contribution in [3.8, 4) is 0 Å². The number of ketones is 1. The van der Waals surface area contributed by atoms with E-state index in [9.17, 15) is 14.4 Å². The molecule has 0 radical (unpaired) electrons. The topological polar surface area (TPSA) is 66.9 Å². The van der Waals surface area contributed by atoms with Gasteiger partial charge < -0.3 is 9.64 Å². The van der Waals surface area contributed by atoms with Gasteiger partial charge in [0.05, 0.1) is 19.7 Å². The summed E-state index contributed by atoms with van der Waals surface area (Å²) in [5.74, 6) is -0.823. The van der Waals surface area contributed by atoms with Gasteiger partial charge in [0.2, 0.25) is 5.91 Å². The van der Waals surface area contributed by atoms with Crippen LogP contribution in [0.15, 0.2) is 0 Å². The van der Waals surface area contributed by atoms with Gasteiger partial charge in [-0.2, -0.15) is 0 Å². The second-order valence-electron chi connectivity index (χ2n) is 5.77. The number of esters is 1. The quantitative estimate of drug-likeness (QED) is 0.468. The van der Waals surface area contributed by atoms with E-state index in [1.807, 2.05) is 6.92 Å². The molecule has 0 aliphatic carbocycles. The van der Waals surface area contributed by atoms with E-state index in [4.69, 9.17) is 4.74 Å². The highest BCUT2D eigenvalue weighted by Crippen LogP contribution is 2.19. The molecular formula is C15H28N2O4. The zero-order valence-electron chi connectivity index (χ0n) is 14.1. The summed E-state index contributed by atoms with van der Waals surface area (Å²) in [6.07, 6.45) is 0.827. The van der Waals surface area contributed by atoms with Crippen molar-refractivity contribution >= 4 is 17.7 Å². The lowest BCUT2D eigenvalue weighted by atomic mass is 9.87. The summed E-state index contributed by atoms with van der Waals surface area (Å²) in [5, 5.41) is 0. The van der Waals surface area contributed by atoms with Crippen LogP contribution in [0.2, 0.25) is 0 Å². The molecule has 0 N–H and O–H groups in total. The zero-order valence-corrected chi connectivity index (χ0v) is 14.1. The van der Waals surface area contributed by atoms with E-state index in [1.165, 1.54) is 4.90 Å². The molecule has 0 saturated carbocycles. The van der Waals surface area contributed by atoms with E-state index in [0.717, 1.165) is 6.42 Å². The van der Waals surface area contributed by atoms with Crippen molar-refractivity contribution < 1.29 is 19.1 Å². The summed E-state index contributed by atoms with van der Waals surface area (Å²) >= 11 is 0. The molecule has 0 heterocycles. The molecule has 1 amide bonds. The molecule has 6 heteroatoms. The Labute approximate surface area is 127 Å². The normalized spacial score (nSPS) is 11.4. The molecule has 0 aromatic carbocycles. The van der Waals surface area contributed by atoms with Crippen LogP contribution in [-0.4, -0.2) is 67.8 Å². The Morgan fingerprint density at radius 3 is 2.05 bits per heavy atom. The first-order chi connectivity index (χ1) is 9.66. The second kappa shape index (κ2) is 8.77. The minimum atomic E-state index is -1.19. The van der Waals surface area contributed by atoms with Gasteiger partial charge in [0.1, 0.15) is 5.41 Å². The fraction of sp³-hybridized carbons (Fsp3) is 0.800. The molecule has 6 nitrogen and oxygen atoms in total. The predicted molar refractivity (Wildman–Crippen MR) is 80.8 cm³/mol. The monoisotopic (exact) mass is 300 g/mol. The second-order valence-corrected chi connectivity index (χ2v) is 5.77. The van der Waals surface area contributed by atoms with Gasteiger partial charge in [0.25, 0.3) is 0 Å². The summed E-state index contributed by atoms with van der Waals surface area (Å²) in [5.41, 5.74) is -1.19. The summed E-state index contributed by atoms with van der Waals surface area (Å²) < 4.78 is 4.94. The predicted octanol–water partition coefficient (Wildman–Crippen LogP) is 0.945. The lowest BCUT2D eigenvalue weighted by Gasteiger charge is -2.27. The zero-order chi connectivity index (χ0) is 16.6. The number of ether oxygens (including phenoxy) is 1. The van der Waals surface area contributed by atoms with E-state index in [1.54, 1.807) is 39.8 Å². The van der Waals surface area contributed by atoms with Crippen molar-refractivity contribution in [3.05, 3.63) is 0 Å². The van der Waals surface area contributed by atoms with Gasteiger partial charge in [-0.1, -0.05) is 6.92 Å². The molecule has 0 spiro atoms. The largest absolute Gasteiger partial charge is 0.465 e. The summed E-state index contributed by atoms with van der Waals surface area (Å²) in [6, 6.07) is 0. The molecular weight excluding hydrogens is 272 g/mol. The van der Waals surface area contributed by atoms with Crippen LogP contribution in [0.4, 0.5) is 0 Å². The first-order valence-electron chi connectivity index (χ1n) is 7.29. The van der Waals surface area contributed by atoms with E-state index >= 15 is 0 Å². The van der Waals surface area contributed by atoms with Crippen molar-refractivity contribution in [1.82, 2.24) is 9.80 Å². The van der Waals surface area contributed by atoms with Crippen molar-refractivity contribution in [3.63, 3.8) is 0 Å². The molecule has 0 aliphatic heterocycles. The fourth-order valence-electron chi connectivity index (χ4n) is 1.69. The van der Waals surface area contributed by atoms with Crippen LogP contribution < -0.4 is 0 Å². The molecule has 0 unspecified atom stereocenters. The van der Waals surface area contributed by atoms with Gasteiger partial charge in [0.15, 0.2) is 5.78 Å². The molecule has 0 rings (SSSR count). The van der Waals surface area contributed by atoms with E-state index < -0.39 is 11.4 Å². The van der Waals surface area contributed by atoms with Gasteiger partial charge in [-0.3, -0.25) is 19.3 Å². The van der Waals surface area contributed by atoms with Crippen molar-refractivity contribution in [2.24, 2.45) is 5.41 Å². The number of rotatable bonds is 9. The van der Waals surface area contributed by atoms with Gasteiger partial charge >= 0.3 is 5.97 Å². The Morgan fingerprint density at radius 1 is 1.05 bits per heavy atom. The maximum atomic E-state index is 12.4. The third-order valence-corrected chi connectivity index (χ3v) is 3.25. The highest BCUT2D eigenvalue weighted by molar-refractivity contribution is 6.04. The maximum Gasteiger partial charge on any atom is 0.319 e. The van der Waals surface area contributed by atoms with Crippen molar-refractivity contribution in [1.29, 1.82) is 0 Å². The smallest absolute Gasteiger partial charge is 0.319 e. The minimum Gasteiger partial charge on any atom is -0.465 e. The molecule has 0 saturated heterocycles. The van der Waals surface area contributed by atoms with Crippen LogP contribution in [-0.2, 0) is 19.1 Å². The number of likely N-dealkylation sites (N-methyl/N-ethyl adjacent to an activating group) is 1. The van der Waals surface area contributed by atoms with Gasteiger partial charge in [-0.25, -0.2) is 0 Å². The standard InChI is InChI=1S/C15H28N2O4/c1-7-9-17(11-13(19)16(5)6)10-12(18)15(3,4)14(20)21-8-2/h7-11H2,1-6H3. The first-order valence-corrected chi connectivity index (χ1v) is 7.29. The fourth-order valence-corrected chi connectivity index (χ4v) is 1.69. The average Bonchev–Trinajstić information content (AvgIpc) is 2.38. The van der Waals surface area contributed by atoms with Crippen molar-refractivity contribution in [2.75, 3.05) is 40.3 Å². The van der Waals surface area contributed by atoms with Gasteiger partial charge in [-0.15, -0.1) is 0 Å². The number of hydrogen-bond acceptors (Lipinski definition) is 5. The van der Waals surface area contributed by atoms with Crippen LogP contribution in [0, 0.1) is 5.41 Å².